The molecule has 102 valence electrons. The molecule has 7 nitrogen and oxygen atoms in total. The van der Waals surface area contributed by atoms with E-state index in [0.717, 1.165) is 15.7 Å². The number of nitriles is 1. The van der Waals surface area contributed by atoms with Gasteiger partial charge in [-0.2, -0.15) is 10.5 Å². The predicted molar refractivity (Wildman–Crippen MR) is 76.2 cm³/mol. The molecule has 0 aliphatic rings. The third-order valence-corrected chi connectivity index (χ3v) is 2.94. The summed E-state index contributed by atoms with van der Waals surface area (Å²) in [5.74, 6) is 0.239. The van der Waals surface area contributed by atoms with Gasteiger partial charge in [-0.3, -0.25) is 0 Å². The van der Waals surface area contributed by atoms with Crippen LogP contribution in [-0.2, 0) is 11.3 Å². The fourth-order valence-electron chi connectivity index (χ4n) is 1.54. The highest BCUT2D eigenvalue weighted by Gasteiger charge is 2.07. The molecule has 0 radical (unpaired) electrons. The Labute approximate surface area is 123 Å². The van der Waals surface area contributed by atoms with Crippen LogP contribution < -0.4 is 5.32 Å². The molecule has 2 N–H and O–H groups in total. The van der Waals surface area contributed by atoms with Crippen molar-refractivity contribution in [1.29, 1.82) is 5.26 Å². The minimum atomic E-state index is 0.239. The summed E-state index contributed by atoms with van der Waals surface area (Å²) >= 11 is 3.40. The van der Waals surface area contributed by atoms with Crippen LogP contribution in [0.15, 0.2) is 28.9 Å². The third kappa shape index (κ3) is 3.40. The molecule has 1 aromatic heterocycles. The van der Waals surface area contributed by atoms with Crippen LogP contribution in [0.3, 0.4) is 0 Å². The lowest BCUT2D eigenvalue weighted by atomic mass is 10.2. The second-order valence-electron chi connectivity index (χ2n) is 3.78. The SMILES string of the molecule is COCc1ccc(Br)cc1NC=C(C#N)c1nn[nH]n1. The number of anilines is 1. The summed E-state index contributed by atoms with van der Waals surface area (Å²) < 4.78 is 6.06. The Balaban J connectivity index is 2.25. The molecular weight excluding hydrogens is 324 g/mol. The Kier molecular flexibility index (Phi) is 4.81. The number of allylic oxidation sites excluding steroid dienone is 1. The van der Waals surface area contributed by atoms with Gasteiger partial charge < -0.3 is 10.1 Å². The number of nitrogens with zero attached hydrogens (tertiary/aromatic N) is 4. The molecule has 20 heavy (non-hydrogen) atoms. The van der Waals surface area contributed by atoms with E-state index in [4.69, 9.17) is 10.00 Å². The lowest BCUT2D eigenvalue weighted by Gasteiger charge is -2.09. The van der Waals surface area contributed by atoms with Crippen LogP contribution >= 0.6 is 15.9 Å². The topological polar surface area (TPSA) is 99.5 Å². The molecule has 0 aliphatic carbocycles. The second kappa shape index (κ2) is 6.79. The van der Waals surface area contributed by atoms with Crippen molar-refractivity contribution in [3.05, 3.63) is 40.3 Å². The van der Waals surface area contributed by atoms with Crippen LogP contribution in [0.1, 0.15) is 11.4 Å². The van der Waals surface area contributed by atoms with Crippen molar-refractivity contribution in [2.24, 2.45) is 0 Å². The van der Waals surface area contributed by atoms with Gasteiger partial charge in [0, 0.05) is 29.0 Å². The summed E-state index contributed by atoms with van der Waals surface area (Å²) in [6.45, 7) is 0.466. The number of aromatic amines is 1. The van der Waals surface area contributed by atoms with Gasteiger partial charge in [0.05, 0.1) is 6.61 Å². The minimum absolute atomic E-state index is 0.239. The van der Waals surface area contributed by atoms with Gasteiger partial charge >= 0.3 is 0 Å². The monoisotopic (exact) mass is 334 g/mol. The lowest BCUT2D eigenvalue weighted by molar-refractivity contribution is 0.185. The largest absolute Gasteiger partial charge is 0.380 e. The first-order chi connectivity index (χ1) is 9.74. The molecule has 0 atom stereocenters. The van der Waals surface area contributed by atoms with Crippen molar-refractivity contribution < 1.29 is 4.74 Å². The first kappa shape index (κ1) is 14.2. The number of benzene rings is 1. The van der Waals surface area contributed by atoms with E-state index in [2.05, 4.69) is 41.9 Å². The molecule has 1 aromatic carbocycles. The van der Waals surface area contributed by atoms with Crippen molar-refractivity contribution >= 4 is 27.2 Å². The molecule has 2 aromatic rings. The van der Waals surface area contributed by atoms with Gasteiger partial charge in [0.1, 0.15) is 11.6 Å². The summed E-state index contributed by atoms with van der Waals surface area (Å²) in [5.41, 5.74) is 2.08. The maximum Gasteiger partial charge on any atom is 0.216 e. The van der Waals surface area contributed by atoms with Gasteiger partial charge in [0.15, 0.2) is 0 Å². The third-order valence-electron chi connectivity index (χ3n) is 2.45. The second-order valence-corrected chi connectivity index (χ2v) is 4.70. The minimum Gasteiger partial charge on any atom is -0.380 e. The van der Waals surface area contributed by atoms with Crippen LogP contribution in [0, 0.1) is 11.3 Å². The highest BCUT2D eigenvalue weighted by atomic mass is 79.9. The number of rotatable bonds is 5. The van der Waals surface area contributed by atoms with Gasteiger partial charge in [0.25, 0.3) is 0 Å². The number of ether oxygens (including phenoxy) is 1. The zero-order valence-electron chi connectivity index (χ0n) is 10.6. The average molecular weight is 335 g/mol. The Bertz CT molecular complexity index is 646. The van der Waals surface area contributed by atoms with Crippen molar-refractivity contribution in [1.82, 2.24) is 20.6 Å². The van der Waals surface area contributed by atoms with Gasteiger partial charge in [-0.1, -0.05) is 22.0 Å². The standard InChI is InChI=1S/C12H11BrN6O/c1-20-7-8-2-3-10(13)4-11(8)15-6-9(5-14)12-16-18-19-17-12/h2-4,6,15H,7H2,1H3,(H,16,17,18,19). The van der Waals surface area contributed by atoms with Gasteiger partial charge in [0.2, 0.25) is 5.82 Å². The van der Waals surface area contributed by atoms with Crippen LogP contribution in [0.5, 0.6) is 0 Å². The molecule has 0 saturated heterocycles. The number of tetrazole rings is 1. The number of nitrogens with one attached hydrogen (secondary N) is 2. The number of H-pyrrole nitrogens is 1. The van der Waals surface area contributed by atoms with E-state index < -0.39 is 0 Å². The smallest absolute Gasteiger partial charge is 0.216 e. The molecule has 0 fully saturated rings. The number of hydrogen-bond acceptors (Lipinski definition) is 6. The van der Waals surface area contributed by atoms with Crippen molar-refractivity contribution in [3.8, 4) is 6.07 Å². The van der Waals surface area contributed by atoms with Crippen molar-refractivity contribution in [3.63, 3.8) is 0 Å². The van der Waals surface area contributed by atoms with Crippen molar-refractivity contribution in [2.75, 3.05) is 12.4 Å². The summed E-state index contributed by atoms with van der Waals surface area (Å²) in [6.07, 6.45) is 1.53. The van der Waals surface area contributed by atoms with Crippen LogP contribution in [0.2, 0.25) is 0 Å². The van der Waals surface area contributed by atoms with Crippen LogP contribution in [0.25, 0.3) is 5.57 Å². The van der Waals surface area contributed by atoms with Gasteiger partial charge in [-0.05, 0) is 17.3 Å². The van der Waals surface area contributed by atoms with Gasteiger partial charge in [-0.25, -0.2) is 0 Å². The fourth-order valence-corrected chi connectivity index (χ4v) is 1.90. The Hall–Kier alpha value is -2.24. The molecule has 0 aliphatic heterocycles. The molecular formula is C12H11BrN6O. The highest BCUT2D eigenvalue weighted by molar-refractivity contribution is 9.10. The average Bonchev–Trinajstić information content (AvgIpc) is 2.96. The number of halogens is 1. The van der Waals surface area contributed by atoms with E-state index in [1.165, 1.54) is 6.20 Å². The summed E-state index contributed by atoms with van der Waals surface area (Å²) in [6, 6.07) is 7.77. The Morgan fingerprint density at radius 3 is 3.10 bits per heavy atom. The Morgan fingerprint density at radius 1 is 1.60 bits per heavy atom. The molecule has 0 amide bonds. The van der Waals surface area contributed by atoms with E-state index in [0.29, 0.717) is 6.61 Å². The van der Waals surface area contributed by atoms with Gasteiger partial charge in [-0.15, -0.1) is 10.2 Å². The molecule has 2 rings (SSSR count). The van der Waals surface area contributed by atoms with E-state index in [9.17, 15) is 0 Å². The molecule has 0 unspecified atom stereocenters. The Morgan fingerprint density at radius 2 is 2.45 bits per heavy atom. The van der Waals surface area contributed by atoms with E-state index in [-0.39, 0.29) is 11.4 Å². The highest BCUT2D eigenvalue weighted by Crippen LogP contribution is 2.22. The zero-order chi connectivity index (χ0) is 14.4. The number of methoxy groups -OCH3 is 1. The van der Waals surface area contributed by atoms with E-state index in [1.807, 2.05) is 24.3 Å². The van der Waals surface area contributed by atoms with Crippen molar-refractivity contribution in [2.45, 2.75) is 6.61 Å². The first-order valence-corrected chi connectivity index (χ1v) is 6.42. The summed E-state index contributed by atoms with van der Waals surface area (Å²) in [5, 5.41) is 25.4. The summed E-state index contributed by atoms with van der Waals surface area (Å²) in [4.78, 5) is 0. The maximum absolute atomic E-state index is 9.09. The molecule has 1 heterocycles. The number of hydrogen-bond donors (Lipinski definition) is 2. The molecule has 0 spiro atoms. The quantitative estimate of drug-likeness (QED) is 0.812. The van der Waals surface area contributed by atoms with E-state index in [1.54, 1.807) is 7.11 Å². The molecule has 0 bridgehead atoms. The molecule has 8 heteroatoms. The lowest BCUT2D eigenvalue weighted by Crippen LogP contribution is -1.98. The van der Waals surface area contributed by atoms with Crippen LogP contribution in [0.4, 0.5) is 5.69 Å². The molecule has 0 saturated carbocycles. The fraction of sp³-hybridized carbons (Fsp3) is 0.167. The van der Waals surface area contributed by atoms with E-state index >= 15 is 0 Å². The predicted octanol–water partition coefficient (Wildman–Crippen LogP) is 2.09. The normalized spacial score (nSPS) is 11.2. The first-order valence-electron chi connectivity index (χ1n) is 5.62. The number of aromatic nitrogens is 4. The maximum atomic E-state index is 9.09. The van der Waals surface area contributed by atoms with Crippen LogP contribution in [-0.4, -0.2) is 27.7 Å². The zero-order valence-corrected chi connectivity index (χ0v) is 12.2. The summed E-state index contributed by atoms with van der Waals surface area (Å²) in [7, 11) is 1.63.